The standard InChI is InChI=1S/C17H15F3N2O2/c18-17(19,20)13-8-4-5-11(9-13)10-14(15(21)23)22-16(24)12-6-2-1-3-7-12/h1-9,14H,10H2,(H2,21,23)(H,22,24)/t14-/m1/s1. The van der Waals surface area contributed by atoms with Crippen molar-refractivity contribution in [2.75, 3.05) is 0 Å². The van der Waals surface area contributed by atoms with E-state index in [1.165, 1.54) is 12.1 Å². The molecular weight excluding hydrogens is 321 g/mol. The van der Waals surface area contributed by atoms with Gasteiger partial charge in [-0.1, -0.05) is 36.4 Å². The lowest BCUT2D eigenvalue weighted by Gasteiger charge is -2.16. The normalized spacial score (nSPS) is 12.5. The van der Waals surface area contributed by atoms with Gasteiger partial charge in [-0.05, 0) is 23.8 Å². The molecule has 0 fully saturated rings. The molecule has 126 valence electrons. The van der Waals surface area contributed by atoms with Crippen LogP contribution in [0.25, 0.3) is 0 Å². The Bertz CT molecular complexity index is 730. The monoisotopic (exact) mass is 336 g/mol. The first-order valence-electron chi connectivity index (χ1n) is 7.09. The molecule has 0 aliphatic rings. The van der Waals surface area contributed by atoms with Gasteiger partial charge < -0.3 is 11.1 Å². The molecule has 24 heavy (non-hydrogen) atoms. The number of nitrogens with one attached hydrogen (secondary N) is 1. The number of amides is 2. The summed E-state index contributed by atoms with van der Waals surface area (Å²) in [5, 5.41) is 2.44. The van der Waals surface area contributed by atoms with Crippen molar-refractivity contribution in [3.8, 4) is 0 Å². The molecule has 0 heterocycles. The van der Waals surface area contributed by atoms with Crippen molar-refractivity contribution in [2.24, 2.45) is 5.73 Å². The van der Waals surface area contributed by atoms with E-state index >= 15 is 0 Å². The number of halogens is 3. The summed E-state index contributed by atoms with van der Waals surface area (Å²) in [5.41, 5.74) is 5.02. The zero-order chi connectivity index (χ0) is 17.7. The van der Waals surface area contributed by atoms with Gasteiger partial charge in [0.1, 0.15) is 6.04 Å². The molecule has 0 aliphatic carbocycles. The van der Waals surface area contributed by atoms with Gasteiger partial charge in [-0.2, -0.15) is 13.2 Å². The van der Waals surface area contributed by atoms with Gasteiger partial charge in [0, 0.05) is 12.0 Å². The van der Waals surface area contributed by atoms with Crippen LogP contribution in [0.1, 0.15) is 21.5 Å². The van der Waals surface area contributed by atoms with E-state index in [2.05, 4.69) is 5.32 Å². The number of carbonyl (C=O) groups excluding carboxylic acids is 2. The van der Waals surface area contributed by atoms with E-state index in [9.17, 15) is 22.8 Å². The van der Waals surface area contributed by atoms with Crippen LogP contribution in [0.3, 0.4) is 0 Å². The summed E-state index contributed by atoms with van der Waals surface area (Å²) in [4.78, 5) is 23.6. The summed E-state index contributed by atoms with van der Waals surface area (Å²) >= 11 is 0. The molecule has 7 heteroatoms. The van der Waals surface area contributed by atoms with Gasteiger partial charge in [0.05, 0.1) is 5.56 Å². The van der Waals surface area contributed by atoms with Crippen LogP contribution in [0.15, 0.2) is 54.6 Å². The number of hydrogen-bond donors (Lipinski definition) is 2. The van der Waals surface area contributed by atoms with Crippen LogP contribution in [-0.2, 0) is 17.4 Å². The van der Waals surface area contributed by atoms with Crippen LogP contribution < -0.4 is 11.1 Å². The molecule has 0 saturated carbocycles. The summed E-state index contributed by atoms with van der Waals surface area (Å²) in [7, 11) is 0. The van der Waals surface area contributed by atoms with E-state index < -0.39 is 29.6 Å². The van der Waals surface area contributed by atoms with E-state index in [1.54, 1.807) is 30.3 Å². The minimum atomic E-state index is -4.48. The highest BCUT2D eigenvalue weighted by atomic mass is 19.4. The van der Waals surface area contributed by atoms with E-state index in [1.807, 2.05) is 0 Å². The molecule has 3 N–H and O–H groups in total. The molecule has 0 aromatic heterocycles. The van der Waals surface area contributed by atoms with Crippen molar-refractivity contribution in [3.05, 3.63) is 71.3 Å². The Labute approximate surface area is 136 Å². The second-order valence-electron chi connectivity index (χ2n) is 5.20. The Morgan fingerprint density at radius 3 is 2.29 bits per heavy atom. The Kier molecular flexibility index (Phi) is 5.23. The van der Waals surface area contributed by atoms with E-state index in [0.29, 0.717) is 5.56 Å². The van der Waals surface area contributed by atoms with Crippen molar-refractivity contribution >= 4 is 11.8 Å². The number of carbonyl (C=O) groups is 2. The van der Waals surface area contributed by atoms with E-state index in [4.69, 9.17) is 5.73 Å². The van der Waals surface area contributed by atoms with Gasteiger partial charge >= 0.3 is 6.18 Å². The Morgan fingerprint density at radius 1 is 1.04 bits per heavy atom. The fourth-order valence-corrected chi connectivity index (χ4v) is 2.16. The highest BCUT2D eigenvalue weighted by molar-refractivity contribution is 5.97. The summed E-state index contributed by atoms with van der Waals surface area (Å²) in [6.07, 6.45) is -4.61. The lowest BCUT2D eigenvalue weighted by molar-refractivity contribution is -0.137. The van der Waals surface area contributed by atoms with Gasteiger partial charge in [-0.25, -0.2) is 0 Å². The van der Waals surface area contributed by atoms with Crippen molar-refractivity contribution in [1.82, 2.24) is 5.32 Å². The van der Waals surface area contributed by atoms with Crippen LogP contribution >= 0.6 is 0 Å². The summed E-state index contributed by atoms with van der Waals surface area (Å²) in [5.74, 6) is -1.34. The summed E-state index contributed by atoms with van der Waals surface area (Å²) in [6, 6.07) is 11.6. The number of rotatable bonds is 5. The molecule has 0 saturated heterocycles. The van der Waals surface area contributed by atoms with Crippen LogP contribution in [0.2, 0.25) is 0 Å². The Balaban J connectivity index is 2.15. The smallest absolute Gasteiger partial charge is 0.368 e. The molecule has 0 aliphatic heterocycles. The quantitative estimate of drug-likeness (QED) is 0.881. The second kappa shape index (κ2) is 7.16. The number of hydrogen-bond acceptors (Lipinski definition) is 2. The fourth-order valence-electron chi connectivity index (χ4n) is 2.16. The molecule has 1 atom stereocenters. The average molecular weight is 336 g/mol. The number of primary amides is 1. The maximum atomic E-state index is 12.7. The maximum absolute atomic E-state index is 12.7. The predicted octanol–water partition coefficient (Wildman–Crippen LogP) is 2.53. The second-order valence-corrected chi connectivity index (χ2v) is 5.20. The first kappa shape index (κ1) is 17.5. The minimum absolute atomic E-state index is 0.127. The SMILES string of the molecule is NC(=O)[C@@H](Cc1cccc(C(F)(F)F)c1)NC(=O)c1ccccc1. The number of benzene rings is 2. The number of nitrogens with two attached hydrogens (primary N) is 1. The van der Waals surface area contributed by atoms with Gasteiger partial charge in [-0.3, -0.25) is 9.59 Å². The zero-order valence-electron chi connectivity index (χ0n) is 12.5. The average Bonchev–Trinajstić information content (AvgIpc) is 2.54. The maximum Gasteiger partial charge on any atom is 0.416 e. The van der Waals surface area contributed by atoms with Crippen LogP contribution in [0.4, 0.5) is 13.2 Å². The van der Waals surface area contributed by atoms with E-state index in [-0.39, 0.29) is 12.0 Å². The highest BCUT2D eigenvalue weighted by Crippen LogP contribution is 2.29. The first-order valence-corrected chi connectivity index (χ1v) is 7.09. The van der Waals surface area contributed by atoms with Gasteiger partial charge in [0.2, 0.25) is 5.91 Å². The lowest BCUT2D eigenvalue weighted by Crippen LogP contribution is -2.45. The summed E-state index contributed by atoms with van der Waals surface area (Å²) in [6.45, 7) is 0. The molecule has 4 nitrogen and oxygen atoms in total. The Hall–Kier alpha value is -2.83. The molecule has 0 bridgehead atoms. The van der Waals surface area contributed by atoms with Gasteiger partial charge in [0.15, 0.2) is 0 Å². The summed E-state index contributed by atoms with van der Waals surface area (Å²) < 4.78 is 38.2. The predicted molar refractivity (Wildman–Crippen MR) is 82.0 cm³/mol. The van der Waals surface area contributed by atoms with Crippen molar-refractivity contribution in [3.63, 3.8) is 0 Å². The topological polar surface area (TPSA) is 72.2 Å². The number of alkyl halides is 3. The van der Waals surface area contributed by atoms with Crippen molar-refractivity contribution < 1.29 is 22.8 Å². The molecule has 2 aromatic rings. The molecule has 0 radical (unpaired) electrons. The largest absolute Gasteiger partial charge is 0.416 e. The highest BCUT2D eigenvalue weighted by Gasteiger charge is 2.30. The molecule has 0 unspecified atom stereocenters. The van der Waals surface area contributed by atoms with Gasteiger partial charge in [0.25, 0.3) is 5.91 Å². The molecule has 0 spiro atoms. The third-order valence-electron chi connectivity index (χ3n) is 3.38. The van der Waals surface area contributed by atoms with Crippen LogP contribution in [0, 0.1) is 0 Å². The van der Waals surface area contributed by atoms with E-state index in [0.717, 1.165) is 12.1 Å². The first-order chi connectivity index (χ1) is 11.3. The lowest BCUT2D eigenvalue weighted by atomic mass is 10.0. The molecule has 2 rings (SSSR count). The zero-order valence-corrected chi connectivity index (χ0v) is 12.5. The molecule has 2 aromatic carbocycles. The van der Waals surface area contributed by atoms with Crippen LogP contribution in [-0.4, -0.2) is 17.9 Å². The third-order valence-corrected chi connectivity index (χ3v) is 3.38. The molecular formula is C17H15F3N2O2. The Morgan fingerprint density at radius 2 is 1.71 bits per heavy atom. The van der Waals surface area contributed by atoms with Crippen molar-refractivity contribution in [1.29, 1.82) is 0 Å². The third kappa shape index (κ3) is 4.58. The van der Waals surface area contributed by atoms with Crippen molar-refractivity contribution in [2.45, 2.75) is 18.6 Å². The van der Waals surface area contributed by atoms with Crippen LogP contribution in [0.5, 0.6) is 0 Å². The minimum Gasteiger partial charge on any atom is -0.368 e. The molecule has 2 amide bonds. The fraction of sp³-hybridized carbons (Fsp3) is 0.176. The van der Waals surface area contributed by atoms with Gasteiger partial charge in [-0.15, -0.1) is 0 Å².